The Morgan fingerprint density at radius 1 is 1.69 bits per heavy atom. The first-order valence-corrected chi connectivity index (χ1v) is 4.76. The molecule has 0 atom stereocenters. The van der Waals surface area contributed by atoms with Crippen molar-refractivity contribution in [1.82, 2.24) is 0 Å². The molecule has 0 aromatic carbocycles. The van der Waals surface area contributed by atoms with Crippen molar-refractivity contribution in [2.45, 2.75) is 6.42 Å². The van der Waals surface area contributed by atoms with Crippen molar-refractivity contribution in [1.29, 1.82) is 0 Å². The fraction of sp³-hybridized carbons (Fsp3) is 0.222. The monoisotopic (exact) mass is 197 g/mol. The summed E-state index contributed by atoms with van der Waals surface area (Å²) in [6, 6.07) is 1.87. The van der Waals surface area contributed by atoms with Crippen LogP contribution in [0.2, 0.25) is 0 Å². The van der Waals surface area contributed by atoms with Gasteiger partial charge in [0.15, 0.2) is 0 Å². The second-order valence-electron chi connectivity index (χ2n) is 2.55. The zero-order valence-electron chi connectivity index (χ0n) is 7.06. The van der Waals surface area contributed by atoms with Gasteiger partial charge in [0.2, 0.25) is 0 Å². The highest BCUT2D eigenvalue weighted by molar-refractivity contribution is 7.10. The average Bonchev–Trinajstić information content (AvgIpc) is 2.48. The average molecular weight is 197 g/mol. The highest BCUT2D eigenvalue weighted by Crippen LogP contribution is 2.16. The van der Waals surface area contributed by atoms with E-state index in [0.717, 1.165) is 10.4 Å². The minimum Gasteiger partial charge on any atom is -0.481 e. The lowest BCUT2D eigenvalue weighted by Crippen LogP contribution is -1.97. The maximum atomic E-state index is 10.4. The summed E-state index contributed by atoms with van der Waals surface area (Å²) in [6.07, 6.45) is 3.83. The fourth-order valence-electron chi connectivity index (χ4n) is 0.931. The molecule has 3 N–H and O–H groups in total. The van der Waals surface area contributed by atoms with Crippen molar-refractivity contribution >= 4 is 23.4 Å². The molecule has 0 saturated carbocycles. The van der Waals surface area contributed by atoms with Gasteiger partial charge >= 0.3 is 5.97 Å². The van der Waals surface area contributed by atoms with Crippen LogP contribution in [0.4, 0.5) is 0 Å². The largest absolute Gasteiger partial charge is 0.481 e. The van der Waals surface area contributed by atoms with E-state index in [1.54, 1.807) is 0 Å². The molecule has 1 heterocycles. The van der Waals surface area contributed by atoms with Crippen LogP contribution in [0.3, 0.4) is 0 Å². The highest BCUT2D eigenvalue weighted by atomic mass is 32.1. The van der Waals surface area contributed by atoms with E-state index in [1.807, 2.05) is 23.6 Å². The van der Waals surface area contributed by atoms with Crippen LogP contribution in [-0.2, 0) is 11.2 Å². The van der Waals surface area contributed by atoms with Crippen molar-refractivity contribution in [2.24, 2.45) is 5.73 Å². The summed E-state index contributed by atoms with van der Waals surface area (Å²) >= 11 is 1.46. The Morgan fingerprint density at radius 3 is 3.08 bits per heavy atom. The first-order chi connectivity index (χ1) is 6.22. The van der Waals surface area contributed by atoms with Gasteiger partial charge in [-0.05, 0) is 17.0 Å². The Bertz CT molecular complexity index is 317. The molecule has 0 fully saturated rings. The van der Waals surface area contributed by atoms with Crippen LogP contribution in [0.25, 0.3) is 6.08 Å². The van der Waals surface area contributed by atoms with Gasteiger partial charge in [-0.25, -0.2) is 0 Å². The van der Waals surface area contributed by atoms with Crippen molar-refractivity contribution in [3.05, 3.63) is 28.0 Å². The van der Waals surface area contributed by atoms with Gasteiger partial charge in [0.1, 0.15) is 0 Å². The molecule has 0 unspecified atom stereocenters. The third kappa shape index (κ3) is 3.40. The number of carboxylic acid groups (broad SMARTS) is 1. The Balaban J connectivity index is 2.63. The van der Waals surface area contributed by atoms with E-state index < -0.39 is 5.97 Å². The molecule has 3 nitrogen and oxygen atoms in total. The quantitative estimate of drug-likeness (QED) is 0.765. The van der Waals surface area contributed by atoms with Crippen LogP contribution < -0.4 is 5.73 Å². The van der Waals surface area contributed by atoms with E-state index in [4.69, 9.17) is 10.8 Å². The molecule has 1 aromatic rings. The molecule has 70 valence electrons. The van der Waals surface area contributed by atoms with Crippen LogP contribution >= 0.6 is 11.3 Å². The lowest BCUT2D eigenvalue weighted by atomic mass is 10.2. The lowest BCUT2D eigenvalue weighted by molar-refractivity contribution is -0.136. The van der Waals surface area contributed by atoms with E-state index in [9.17, 15) is 4.79 Å². The fourth-order valence-corrected chi connectivity index (χ4v) is 1.78. The molecule has 0 bridgehead atoms. The van der Waals surface area contributed by atoms with Gasteiger partial charge in [-0.2, -0.15) is 0 Å². The van der Waals surface area contributed by atoms with Crippen LogP contribution in [-0.4, -0.2) is 17.6 Å². The van der Waals surface area contributed by atoms with E-state index in [1.165, 1.54) is 11.3 Å². The summed E-state index contributed by atoms with van der Waals surface area (Å²) in [7, 11) is 0. The molecule has 0 aliphatic rings. The molecular formula is C9H11NO2S. The van der Waals surface area contributed by atoms with E-state index in [2.05, 4.69) is 0 Å². The first-order valence-electron chi connectivity index (χ1n) is 3.88. The van der Waals surface area contributed by atoms with Crippen LogP contribution in [0.5, 0.6) is 0 Å². The lowest BCUT2D eigenvalue weighted by Gasteiger charge is -1.86. The predicted octanol–water partition coefficient (Wildman–Crippen LogP) is 1.35. The minimum absolute atomic E-state index is 0.0983. The number of carbonyl (C=O) groups is 1. The number of hydrogen-bond donors (Lipinski definition) is 2. The normalized spacial score (nSPS) is 10.8. The Morgan fingerprint density at radius 2 is 2.46 bits per heavy atom. The van der Waals surface area contributed by atoms with Gasteiger partial charge in [-0.1, -0.05) is 12.2 Å². The number of aliphatic carboxylic acids is 1. The van der Waals surface area contributed by atoms with Crippen LogP contribution in [0.15, 0.2) is 17.5 Å². The maximum absolute atomic E-state index is 10.4. The van der Waals surface area contributed by atoms with E-state index >= 15 is 0 Å². The van der Waals surface area contributed by atoms with Crippen molar-refractivity contribution < 1.29 is 9.90 Å². The summed E-state index contributed by atoms with van der Waals surface area (Å²) in [5, 5.41) is 10.4. The van der Waals surface area contributed by atoms with Gasteiger partial charge < -0.3 is 10.8 Å². The smallest absolute Gasteiger partial charge is 0.308 e. The zero-order chi connectivity index (χ0) is 9.68. The van der Waals surface area contributed by atoms with Gasteiger partial charge in [-0.3, -0.25) is 4.79 Å². The Labute approximate surface area is 80.5 Å². The topological polar surface area (TPSA) is 63.3 Å². The number of carboxylic acids is 1. The number of hydrogen-bond acceptors (Lipinski definition) is 3. The third-order valence-electron chi connectivity index (χ3n) is 1.45. The van der Waals surface area contributed by atoms with Gasteiger partial charge in [-0.15, -0.1) is 11.3 Å². The molecular weight excluding hydrogens is 186 g/mol. The Kier molecular flexibility index (Phi) is 3.67. The van der Waals surface area contributed by atoms with E-state index in [-0.39, 0.29) is 6.42 Å². The minimum atomic E-state index is -0.795. The summed E-state index contributed by atoms with van der Waals surface area (Å²) in [4.78, 5) is 11.2. The molecule has 1 rings (SSSR count). The number of rotatable bonds is 4. The second-order valence-corrected chi connectivity index (χ2v) is 3.55. The third-order valence-corrected chi connectivity index (χ3v) is 2.40. The molecule has 0 spiro atoms. The number of thiophene rings is 1. The Hall–Kier alpha value is -1.13. The van der Waals surface area contributed by atoms with Crippen LogP contribution in [0.1, 0.15) is 10.4 Å². The summed E-state index contributed by atoms with van der Waals surface area (Å²) in [5.41, 5.74) is 6.31. The van der Waals surface area contributed by atoms with Crippen molar-refractivity contribution in [3.8, 4) is 0 Å². The summed E-state index contributed by atoms with van der Waals surface area (Å²) < 4.78 is 0. The standard InChI is InChI=1S/C9H11NO2S/c10-3-1-2-7-4-8(13-6-7)5-9(11)12/h1-2,4,6H,3,5,10H2,(H,11,12). The van der Waals surface area contributed by atoms with Gasteiger partial charge in [0.25, 0.3) is 0 Å². The van der Waals surface area contributed by atoms with Gasteiger partial charge in [0, 0.05) is 11.4 Å². The number of nitrogens with two attached hydrogens (primary N) is 1. The molecule has 0 saturated heterocycles. The molecule has 1 aromatic heterocycles. The molecule has 0 aliphatic carbocycles. The van der Waals surface area contributed by atoms with Crippen LogP contribution in [0, 0.1) is 0 Å². The summed E-state index contributed by atoms with van der Waals surface area (Å²) in [5.74, 6) is -0.795. The molecule has 0 aliphatic heterocycles. The molecule has 0 amide bonds. The van der Waals surface area contributed by atoms with Crippen molar-refractivity contribution in [3.63, 3.8) is 0 Å². The SMILES string of the molecule is NCC=Cc1csc(CC(=O)O)c1. The first kappa shape index (κ1) is 9.95. The molecule has 13 heavy (non-hydrogen) atoms. The van der Waals surface area contributed by atoms with Gasteiger partial charge in [0.05, 0.1) is 6.42 Å². The van der Waals surface area contributed by atoms with E-state index in [0.29, 0.717) is 6.54 Å². The second kappa shape index (κ2) is 4.79. The maximum Gasteiger partial charge on any atom is 0.308 e. The summed E-state index contributed by atoms with van der Waals surface area (Å²) in [6.45, 7) is 0.504. The zero-order valence-corrected chi connectivity index (χ0v) is 7.88. The van der Waals surface area contributed by atoms with Crippen molar-refractivity contribution in [2.75, 3.05) is 6.54 Å². The molecule has 4 heteroatoms. The predicted molar refractivity (Wildman–Crippen MR) is 53.7 cm³/mol. The highest BCUT2D eigenvalue weighted by Gasteiger charge is 2.02. The molecule has 0 radical (unpaired) electrons.